The van der Waals surface area contributed by atoms with Crippen LogP contribution in [0.2, 0.25) is 0 Å². The molecular weight excluding hydrogens is 404 g/mol. The van der Waals surface area contributed by atoms with E-state index in [-0.39, 0.29) is 10.9 Å². The van der Waals surface area contributed by atoms with E-state index < -0.39 is 10.0 Å². The fourth-order valence-corrected chi connectivity index (χ4v) is 5.25. The second-order valence-electron chi connectivity index (χ2n) is 7.37. The molecule has 0 spiro atoms. The van der Waals surface area contributed by atoms with Crippen molar-refractivity contribution in [2.45, 2.75) is 30.7 Å². The molecule has 7 nitrogen and oxygen atoms in total. The standard InChI is InChI=1S/C22H28N2O5S/c1-2-27-20-7-3-4-8-22(20)30(25,26)23-11-13-24-12-5-6-18(24)17-9-10-19-21(16-17)29-15-14-28-19/h3-4,7-10,16,18,23H,2,5-6,11-15H2,1H3. The van der Waals surface area contributed by atoms with Gasteiger partial charge in [-0.1, -0.05) is 18.2 Å². The first-order valence-electron chi connectivity index (χ1n) is 10.4. The number of benzene rings is 2. The number of hydrogen-bond donors (Lipinski definition) is 1. The van der Waals surface area contributed by atoms with Crippen LogP contribution in [0.4, 0.5) is 0 Å². The number of sulfonamides is 1. The molecule has 2 aliphatic heterocycles. The molecule has 1 unspecified atom stereocenters. The average molecular weight is 433 g/mol. The van der Waals surface area contributed by atoms with Crippen molar-refractivity contribution in [2.24, 2.45) is 0 Å². The van der Waals surface area contributed by atoms with E-state index in [9.17, 15) is 8.42 Å². The number of likely N-dealkylation sites (tertiary alicyclic amines) is 1. The molecule has 0 aliphatic carbocycles. The minimum atomic E-state index is -3.64. The molecule has 1 atom stereocenters. The van der Waals surface area contributed by atoms with Crippen LogP contribution in [-0.2, 0) is 10.0 Å². The van der Waals surface area contributed by atoms with E-state index in [1.54, 1.807) is 24.3 Å². The molecule has 8 heteroatoms. The summed E-state index contributed by atoms with van der Waals surface area (Å²) in [7, 11) is -3.64. The van der Waals surface area contributed by atoms with E-state index in [2.05, 4.69) is 21.8 Å². The number of fused-ring (bicyclic) bond motifs is 1. The lowest BCUT2D eigenvalue weighted by Crippen LogP contribution is -2.35. The van der Waals surface area contributed by atoms with Gasteiger partial charge in [0.25, 0.3) is 0 Å². The predicted octanol–water partition coefficient (Wildman–Crippen LogP) is 2.97. The molecule has 1 fully saturated rings. The lowest BCUT2D eigenvalue weighted by atomic mass is 10.0. The van der Waals surface area contributed by atoms with Crippen LogP contribution < -0.4 is 18.9 Å². The molecule has 2 heterocycles. The fourth-order valence-electron chi connectivity index (χ4n) is 4.09. The predicted molar refractivity (Wildman–Crippen MR) is 114 cm³/mol. The molecule has 1 N–H and O–H groups in total. The van der Waals surface area contributed by atoms with E-state index in [0.29, 0.717) is 38.7 Å². The van der Waals surface area contributed by atoms with Crippen LogP contribution in [0.5, 0.6) is 17.2 Å². The zero-order valence-electron chi connectivity index (χ0n) is 17.2. The normalized spacial score (nSPS) is 19.0. The van der Waals surface area contributed by atoms with Gasteiger partial charge in [-0.15, -0.1) is 0 Å². The maximum absolute atomic E-state index is 12.8. The third kappa shape index (κ3) is 4.55. The molecule has 2 aliphatic rings. The van der Waals surface area contributed by atoms with Gasteiger partial charge in [-0.05, 0) is 56.1 Å². The Bertz CT molecular complexity index is 979. The summed E-state index contributed by atoms with van der Waals surface area (Å²) >= 11 is 0. The van der Waals surface area contributed by atoms with Crippen molar-refractivity contribution in [1.29, 1.82) is 0 Å². The summed E-state index contributed by atoms with van der Waals surface area (Å²) in [6.07, 6.45) is 2.12. The highest BCUT2D eigenvalue weighted by atomic mass is 32.2. The molecule has 162 valence electrons. The van der Waals surface area contributed by atoms with E-state index >= 15 is 0 Å². The summed E-state index contributed by atoms with van der Waals surface area (Å²) < 4.78 is 45.1. The van der Waals surface area contributed by atoms with Crippen LogP contribution in [0, 0.1) is 0 Å². The van der Waals surface area contributed by atoms with Crippen LogP contribution in [-0.4, -0.2) is 52.8 Å². The van der Waals surface area contributed by atoms with Crippen LogP contribution in [0.1, 0.15) is 31.4 Å². The van der Waals surface area contributed by atoms with Crippen LogP contribution in [0.25, 0.3) is 0 Å². The van der Waals surface area contributed by atoms with E-state index in [1.165, 1.54) is 5.56 Å². The summed E-state index contributed by atoms with van der Waals surface area (Å²) in [5.74, 6) is 1.96. The second-order valence-corrected chi connectivity index (χ2v) is 9.11. The van der Waals surface area contributed by atoms with Gasteiger partial charge < -0.3 is 14.2 Å². The first-order valence-corrected chi connectivity index (χ1v) is 11.9. The van der Waals surface area contributed by atoms with Crippen molar-refractivity contribution in [3.8, 4) is 17.2 Å². The van der Waals surface area contributed by atoms with Gasteiger partial charge in [-0.25, -0.2) is 13.1 Å². The van der Waals surface area contributed by atoms with Crippen molar-refractivity contribution in [1.82, 2.24) is 9.62 Å². The van der Waals surface area contributed by atoms with E-state index in [4.69, 9.17) is 14.2 Å². The van der Waals surface area contributed by atoms with E-state index in [1.807, 2.05) is 13.0 Å². The molecule has 0 saturated carbocycles. The summed E-state index contributed by atoms with van der Waals surface area (Å²) in [6, 6.07) is 13.1. The Hall–Kier alpha value is -2.29. The lowest BCUT2D eigenvalue weighted by Gasteiger charge is -2.26. The first kappa shape index (κ1) is 21.0. The number of hydrogen-bond acceptors (Lipinski definition) is 6. The van der Waals surface area contributed by atoms with Crippen molar-refractivity contribution in [2.75, 3.05) is 39.5 Å². The zero-order valence-corrected chi connectivity index (χ0v) is 18.0. The molecular formula is C22H28N2O5S. The fraction of sp³-hybridized carbons (Fsp3) is 0.455. The molecule has 2 aromatic rings. The van der Waals surface area contributed by atoms with Gasteiger partial charge >= 0.3 is 0 Å². The van der Waals surface area contributed by atoms with Crippen molar-refractivity contribution in [3.63, 3.8) is 0 Å². The van der Waals surface area contributed by atoms with E-state index in [0.717, 1.165) is 30.9 Å². The molecule has 0 aromatic heterocycles. The van der Waals surface area contributed by atoms with Crippen LogP contribution in [0.15, 0.2) is 47.4 Å². The first-order chi connectivity index (χ1) is 14.6. The minimum Gasteiger partial charge on any atom is -0.492 e. The van der Waals surface area contributed by atoms with Crippen molar-refractivity contribution < 1.29 is 22.6 Å². The highest BCUT2D eigenvalue weighted by Crippen LogP contribution is 2.37. The molecule has 1 saturated heterocycles. The Kier molecular flexibility index (Phi) is 6.46. The van der Waals surface area contributed by atoms with Crippen molar-refractivity contribution >= 4 is 10.0 Å². The van der Waals surface area contributed by atoms with Crippen LogP contribution in [0.3, 0.4) is 0 Å². The third-order valence-corrected chi connectivity index (χ3v) is 6.94. The lowest BCUT2D eigenvalue weighted by molar-refractivity contribution is 0.170. The minimum absolute atomic E-state index is 0.177. The second kappa shape index (κ2) is 9.24. The Labute approximate surface area is 178 Å². The molecule has 30 heavy (non-hydrogen) atoms. The summed E-state index contributed by atoms with van der Waals surface area (Å²) in [4.78, 5) is 2.50. The Morgan fingerprint density at radius 3 is 2.77 bits per heavy atom. The van der Waals surface area contributed by atoms with Crippen LogP contribution >= 0.6 is 0 Å². The number of ether oxygens (including phenoxy) is 3. The van der Waals surface area contributed by atoms with Gasteiger partial charge in [-0.2, -0.15) is 0 Å². The third-order valence-electron chi connectivity index (χ3n) is 5.44. The largest absolute Gasteiger partial charge is 0.492 e. The number of nitrogens with zero attached hydrogens (tertiary/aromatic N) is 1. The van der Waals surface area contributed by atoms with Gasteiger partial charge in [-0.3, -0.25) is 4.90 Å². The summed E-state index contributed by atoms with van der Waals surface area (Å²) in [5.41, 5.74) is 1.18. The maximum Gasteiger partial charge on any atom is 0.244 e. The monoisotopic (exact) mass is 432 g/mol. The molecule has 0 amide bonds. The SMILES string of the molecule is CCOc1ccccc1S(=O)(=O)NCCN1CCCC1c1ccc2c(c1)OCCO2. The maximum atomic E-state index is 12.8. The highest BCUT2D eigenvalue weighted by Gasteiger charge is 2.28. The molecule has 4 rings (SSSR count). The topological polar surface area (TPSA) is 77.1 Å². The highest BCUT2D eigenvalue weighted by molar-refractivity contribution is 7.89. The number of rotatable bonds is 8. The van der Waals surface area contributed by atoms with Gasteiger partial charge in [0.15, 0.2) is 11.5 Å². The zero-order chi connectivity index (χ0) is 21.0. The smallest absolute Gasteiger partial charge is 0.244 e. The Morgan fingerprint density at radius 2 is 1.93 bits per heavy atom. The van der Waals surface area contributed by atoms with Crippen molar-refractivity contribution in [3.05, 3.63) is 48.0 Å². The van der Waals surface area contributed by atoms with Gasteiger partial charge in [0.1, 0.15) is 23.9 Å². The molecule has 0 radical (unpaired) electrons. The molecule has 2 aromatic carbocycles. The van der Waals surface area contributed by atoms with Gasteiger partial charge in [0, 0.05) is 19.1 Å². The van der Waals surface area contributed by atoms with Gasteiger partial charge in [0.05, 0.1) is 6.61 Å². The Morgan fingerprint density at radius 1 is 1.13 bits per heavy atom. The average Bonchev–Trinajstić information content (AvgIpc) is 3.22. The number of para-hydroxylation sites is 1. The Balaban J connectivity index is 1.40. The molecule has 0 bridgehead atoms. The summed E-state index contributed by atoms with van der Waals surface area (Å²) in [6.45, 7) is 5.30. The quantitative estimate of drug-likeness (QED) is 0.691. The number of nitrogens with one attached hydrogen (secondary N) is 1. The summed E-state index contributed by atoms with van der Waals surface area (Å²) in [5, 5.41) is 0. The van der Waals surface area contributed by atoms with Gasteiger partial charge in [0.2, 0.25) is 10.0 Å².